The van der Waals surface area contributed by atoms with Gasteiger partial charge in [-0.25, -0.2) is 15.8 Å². The van der Waals surface area contributed by atoms with E-state index in [1.165, 1.54) is 0 Å². The number of hydrogen-bond acceptors (Lipinski definition) is 7. The van der Waals surface area contributed by atoms with Gasteiger partial charge in [-0.15, -0.1) is 0 Å². The van der Waals surface area contributed by atoms with Crippen LogP contribution in [0.5, 0.6) is 0 Å². The average Bonchev–Trinajstić information content (AvgIpc) is 2.45. The SMILES string of the molecule is Cc1cc(C(=O)N2CCOC(C#N)C2)nc(NN)n1. The molecule has 1 aliphatic rings. The van der Waals surface area contributed by atoms with Gasteiger partial charge in [0.25, 0.3) is 5.91 Å². The van der Waals surface area contributed by atoms with Crippen molar-refractivity contribution in [3.63, 3.8) is 0 Å². The van der Waals surface area contributed by atoms with Crippen molar-refractivity contribution in [2.45, 2.75) is 13.0 Å². The van der Waals surface area contributed by atoms with Crippen LogP contribution in [0, 0.1) is 18.3 Å². The minimum absolute atomic E-state index is 0.188. The zero-order valence-corrected chi connectivity index (χ0v) is 10.5. The van der Waals surface area contributed by atoms with Gasteiger partial charge in [0, 0.05) is 12.2 Å². The summed E-state index contributed by atoms with van der Waals surface area (Å²) in [6.07, 6.45) is -0.590. The van der Waals surface area contributed by atoms with Crippen molar-refractivity contribution in [2.24, 2.45) is 5.84 Å². The lowest BCUT2D eigenvalue weighted by atomic mass is 10.2. The summed E-state index contributed by atoms with van der Waals surface area (Å²) in [5.74, 6) is 5.18. The maximum Gasteiger partial charge on any atom is 0.272 e. The van der Waals surface area contributed by atoms with Crippen molar-refractivity contribution in [3.8, 4) is 6.07 Å². The van der Waals surface area contributed by atoms with Gasteiger partial charge in [0.15, 0.2) is 6.10 Å². The highest BCUT2D eigenvalue weighted by Gasteiger charge is 2.26. The number of nitrogen functional groups attached to an aromatic ring is 1. The van der Waals surface area contributed by atoms with Gasteiger partial charge in [-0.2, -0.15) is 5.26 Å². The predicted octanol–water partition coefficient (Wildman–Crippen LogP) is -0.565. The molecule has 3 N–H and O–H groups in total. The molecule has 0 bridgehead atoms. The lowest BCUT2D eigenvalue weighted by Gasteiger charge is -2.29. The molecule has 1 fully saturated rings. The zero-order chi connectivity index (χ0) is 13.8. The summed E-state index contributed by atoms with van der Waals surface area (Å²) in [7, 11) is 0. The molecule has 1 atom stereocenters. The van der Waals surface area contributed by atoms with Crippen LogP contribution >= 0.6 is 0 Å². The number of nitriles is 1. The van der Waals surface area contributed by atoms with Gasteiger partial charge in [0.2, 0.25) is 5.95 Å². The first-order chi connectivity index (χ1) is 9.13. The van der Waals surface area contributed by atoms with Crippen LogP contribution in [-0.4, -0.2) is 46.6 Å². The molecule has 8 nitrogen and oxygen atoms in total. The van der Waals surface area contributed by atoms with Gasteiger partial charge in [0.05, 0.1) is 19.2 Å². The lowest BCUT2D eigenvalue weighted by molar-refractivity contribution is 0.00320. The molecule has 19 heavy (non-hydrogen) atoms. The molecule has 0 saturated carbocycles. The summed E-state index contributed by atoms with van der Waals surface area (Å²) in [6, 6.07) is 3.58. The molecule has 100 valence electrons. The van der Waals surface area contributed by atoms with E-state index < -0.39 is 6.10 Å². The predicted molar refractivity (Wildman–Crippen MR) is 65.8 cm³/mol. The molecule has 1 amide bonds. The quantitative estimate of drug-likeness (QED) is 0.541. The minimum atomic E-state index is -0.590. The Hall–Kier alpha value is -2.24. The number of hydrazine groups is 1. The molecule has 1 aliphatic heterocycles. The van der Waals surface area contributed by atoms with Gasteiger partial charge in [-0.05, 0) is 13.0 Å². The molecule has 1 aromatic rings. The Bertz CT molecular complexity index is 526. The molecule has 0 radical (unpaired) electrons. The summed E-state index contributed by atoms with van der Waals surface area (Å²) in [5, 5.41) is 8.82. The second-order valence-corrected chi connectivity index (χ2v) is 4.10. The van der Waals surface area contributed by atoms with E-state index in [1.807, 2.05) is 6.07 Å². The van der Waals surface area contributed by atoms with E-state index in [9.17, 15) is 4.79 Å². The number of nitrogens with two attached hydrogens (primary N) is 1. The van der Waals surface area contributed by atoms with Crippen LogP contribution in [0.2, 0.25) is 0 Å². The van der Waals surface area contributed by atoms with Crippen LogP contribution in [0.1, 0.15) is 16.2 Å². The number of nitrogens with zero attached hydrogens (tertiary/aromatic N) is 4. The minimum Gasteiger partial charge on any atom is -0.360 e. The number of amides is 1. The van der Waals surface area contributed by atoms with E-state index >= 15 is 0 Å². The monoisotopic (exact) mass is 262 g/mol. The second kappa shape index (κ2) is 5.60. The molecule has 0 aliphatic carbocycles. The van der Waals surface area contributed by atoms with Gasteiger partial charge < -0.3 is 9.64 Å². The Kier molecular flexibility index (Phi) is 3.89. The fourth-order valence-electron chi connectivity index (χ4n) is 1.82. The highest BCUT2D eigenvalue weighted by atomic mass is 16.5. The first-order valence-corrected chi connectivity index (χ1v) is 5.77. The second-order valence-electron chi connectivity index (χ2n) is 4.10. The Morgan fingerprint density at radius 3 is 3.16 bits per heavy atom. The van der Waals surface area contributed by atoms with Crippen LogP contribution in [0.25, 0.3) is 0 Å². The van der Waals surface area contributed by atoms with Crippen molar-refractivity contribution in [2.75, 3.05) is 25.1 Å². The smallest absolute Gasteiger partial charge is 0.272 e. The Balaban J connectivity index is 2.19. The highest BCUT2D eigenvalue weighted by molar-refractivity contribution is 5.92. The Morgan fingerprint density at radius 1 is 1.68 bits per heavy atom. The Labute approximate surface area is 110 Å². The number of carbonyl (C=O) groups excluding carboxylic acids is 1. The molecule has 2 rings (SSSR count). The molecule has 1 aromatic heterocycles. The molecular formula is C11H14N6O2. The maximum absolute atomic E-state index is 12.3. The van der Waals surface area contributed by atoms with Crippen molar-refractivity contribution >= 4 is 11.9 Å². The molecule has 0 spiro atoms. The average molecular weight is 262 g/mol. The molecule has 2 heterocycles. The van der Waals surface area contributed by atoms with Crippen LogP contribution < -0.4 is 11.3 Å². The molecule has 8 heteroatoms. The Morgan fingerprint density at radius 2 is 2.47 bits per heavy atom. The van der Waals surface area contributed by atoms with Gasteiger partial charge in [0.1, 0.15) is 5.69 Å². The molecule has 0 aromatic carbocycles. The standard InChI is InChI=1S/C11H14N6O2/c1-7-4-9(15-11(14-7)16-13)10(18)17-2-3-19-8(5-12)6-17/h4,8H,2-3,6,13H2,1H3,(H,14,15,16). The normalized spacial score (nSPS) is 18.8. The summed E-state index contributed by atoms with van der Waals surface area (Å²) in [4.78, 5) is 21.9. The van der Waals surface area contributed by atoms with E-state index in [-0.39, 0.29) is 24.1 Å². The number of anilines is 1. The first kappa shape index (κ1) is 13.2. The third kappa shape index (κ3) is 2.96. The van der Waals surface area contributed by atoms with Crippen molar-refractivity contribution in [3.05, 3.63) is 17.5 Å². The van der Waals surface area contributed by atoms with E-state index in [1.54, 1.807) is 17.9 Å². The van der Waals surface area contributed by atoms with E-state index in [0.29, 0.717) is 18.8 Å². The number of ether oxygens (including phenoxy) is 1. The topological polar surface area (TPSA) is 117 Å². The van der Waals surface area contributed by atoms with Crippen LogP contribution in [0.15, 0.2) is 6.07 Å². The number of nitrogens with one attached hydrogen (secondary N) is 1. The highest BCUT2D eigenvalue weighted by Crippen LogP contribution is 2.11. The molecule has 1 unspecified atom stereocenters. The number of morpholine rings is 1. The first-order valence-electron chi connectivity index (χ1n) is 5.77. The van der Waals surface area contributed by atoms with Gasteiger partial charge >= 0.3 is 0 Å². The van der Waals surface area contributed by atoms with Crippen LogP contribution in [-0.2, 0) is 4.74 Å². The summed E-state index contributed by atoms with van der Waals surface area (Å²) >= 11 is 0. The number of aryl methyl sites for hydroxylation is 1. The summed E-state index contributed by atoms with van der Waals surface area (Å²) < 4.78 is 5.19. The lowest BCUT2D eigenvalue weighted by Crippen LogP contribution is -2.45. The number of aromatic nitrogens is 2. The fraction of sp³-hybridized carbons (Fsp3) is 0.455. The molecule has 1 saturated heterocycles. The van der Waals surface area contributed by atoms with Gasteiger partial charge in [-0.3, -0.25) is 10.2 Å². The number of rotatable bonds is 2. The van der Waals surface area contributed by atoms with E-state index in [0.717, 1.165) is 0 Å². The van der Waals surface area contributed by atoms with Crippen molar-refractivity contribution in [1.29, 1.82) is 5.26 Å². The maximum atomic E-state index is 12.3. The summed E-state index contributed by atoms with van der Waals surface area (Å²) in [6.45, 7) is 2.77. The third-order valence-electron chi connectivity index (χ3n) is 2.70. The largest absolute Gasteiger partial charge is 0.360 e. The van der Waals surface area contributed by atoms with Crippen molar-refractivity contribution < 1.29 is 9.53 Å². The summed E-state index contributed by atoms with van der Waals surface area (Å²) in [5.41, 5.74) is 3.20. The van der Waals surface area contributed by atoms with E-state index in [4.69, 9.17) is 15.8 Å². The van der Waals surface area contributed by atoms with E-state index in [2.05, 4.69) is 15.4 Å². The third-order valence-corrected chi connectivity index (χ3v) is 2.70. The zero-order valence-electron chi connectivity index (χ0n) is 10.5. The molecular weight excluding hydrogens is 248 g/mol. The van der Waals surface area contributed by atoms with Crippen LogP contribution in [0.3, 0.4) is 0 Å². The van der Waals surface area contributed by atoms with Crippen molar-refractivity contribution in [1.82, 2.24) is 14.9 Å². The fourth-order valence-corrected chi connectivity index (χ4v) is 1.82. The number of carbonyl (C=O) groups is 1. The van der Waals surface area contributed by atoms with Gasteiger partial charge in [-0.1, -0.05) is 0 Å². The van der Waals surface area contributed by atoms with Crippen LogP contribution in [0.4, 0.5) is 5.95 Å². The number of hydrogen-bond donors (Lipinski definition) is 2.